The van der Waals surface area contributed by atoms with Gasteiger partial charge < -0.3 is 10.2 Å². The molecule has 2 fully saturated rings. The van der Waals surface area contributed by atoms with Crippen LogP contribution < -0.4 is 5.32 Å². The highest BCUT2D eigenvalue weighted by Gasteiger charge is 2.48. The van der Waals surface area contributed by atoms with Gasteiger partial charge in [-0.05, 0) is 43.7 Å². The van der Waals surface area contributed by atoms with Crippen LogP contribution in [0.3, 0.4) is 0 Å². The number of rotatable bonds is 3. The Morgan fingerprint density at radius 1 is 1.20 bits per heavy atom. The number of carbonyl (C=O) groups excluding carboxylic acids is 1. The number of hydrogen-bond acceptors (Lipinski definition) is 3. The van der Waals surface area contributed by atoms with Gasteiger partial charge in [0.25, 0.3) is 0 Å². The lowest BCUT2D eigenvalue weighted by Crippen LogP contribution is -2.58. The third-order valence-corrected chi connectivity index (χ3v) is 6.79. The van der Waals surface area contributed by atoms with Gasteiger partial charge in [-0.1, -0.05) is 25.1 Å². The van der Waals surface area contributed by atoms with Crippen molar-refractivity contribution in [2.45, 2.75) is 44.6 Å². The summed E-state index contributed by atoms with van der Waals surface area (Å²) in [5.74, 6) is 0. The maximum absolute atomic E-state index is 12.8. The highest BCUT2D eigenvalue weighted by Crippen LogP contribution is 2.39. The Bertz CT molecular complexity index is 750. The number of sulfonamides is 1. The van der Waals surface area contributed by atoms with Crippen molar-refractivity contribution in [1.82, 2.24) is 9.21 Å². The first-order valence-electron chi connectivity index (χ1n) is 8.97. The maximum atomic E-state index is 12.8. The fraction of sp³-hybridized carbons (Fsp3) is 0.611. The molecule has 1 aromatic rings. The molecule has 1 atom stereocenters. The summed E-state index contributed by atoms with van der Waals surface area (Å²) >= 11 is 0. The summed E-state index contributed by atoms with van der Waals surface area (Å²) in [7, 11) is -3.25. The smallest absolute Gasteiger partial charge is 0.321 e. The van der Waals surface area contributed by atoms with Gasteiger partial charge >= 0.3 is 6.03 Å². The number of benzene rings is 1. The summed E-state index contributed by atoms with van der Waals surface area (Å²) < 4.78 is 26.0. The minimum Gasteiger partial charge on any atom is -0.323 e. The molecule has 2 heterocycles. The van der Waals surface area contributed by atoms with Gasteiger partial charge in [-0.3, -0.25) is 0 Å². The number of urea groups is 1. The lowest BCUT2D eigenvalue weighted by Gasteiger charge is -2.44. The molecule has 138 valence electrons. The second-order valence-electron chi connectivity index (χ2n) is 7.13. The Kier molecular flexibility index (Phi) is 5.06. The van der Waals surface area contributed by atoms with Gasteiger partial charge in [0.2, 0.25) is 10.0 Å². The van der Waals surface area contributed by atoms with Crippen LogP contribution in [0.2, 0.25) is 0 Å². The molecule has 0 bridgehead atoms. The van der Waals surface area contributed by atoms with Gasteiger partial charge in [-0.2, -0.15) is 4.31 Å². The Morgan fingerprint density at radius 3 is 2.56 bits per heavy atom. The summed E-state index contributed by atoms with van der Waals surface area (Å²) in [6.45, 7) is 3.76. The minimum atomic E-state index is -3.25. The molecule has 1 unspecified atom stereocenters. The second-order valence-corrected chi connectivity index (χ2v) is 9.04. The van der Waals surface area contributed by atoms with E-state index in [1.54, 1.807) is 9.21 Å². The zero-order valence-corrected chi connectivity index (χ0v) is 15.8. The first-order valence-corrected chi connectivity index (χ1v) is 10.8. The minimum absolute atomic E-state index is 0.139. The molecule has 2 aliphatic rings. The second kappa shape index (κ2) is 6.96. The maximum Gasteiger partial charge on any atom is 0.321 e. The zero-order valence-electron chi connectivity index (χ0n) is 15.0. The number of anilines is 1. The molecular formula is C18H27N3O3S. The van der Waals surface area contributed by atoms with E-state index in [2.05, 4.69) is 12.2 Å². The van der Waals surface area contributed by atoms with Crippen LogP contribution in [-0.4, -0.2) is 55.1 Å². The average Bonchev–Trinajstić information content (AvgIpc) is 2.98. The van der Waals surface area contributed by atoms with Crippen LogP contribution >= 0.6 is 0 Å². The van der Waals surface area contributed by atoms with Gasteiger partial charge in [-0.25, -0.2) is 13.2 Å². The number of carbonyl (C=O) groups is 1. The topological polar surface area (TPSA) is 69.7 Å². The molecule has 2 amide bonds. The van der Waals surface area contributed by atoms with Crippen molar-refractivity contribution in [3.05, 3.63) is 29.8 Å². The molecule has 25 heavy (non-hydrogen) atoms. The standard InChI is InChI=1S/C18H27N3O3S/c1-3-15-8-4-5-9-16(15)19-17(22)20-12-6-10-18(14-20)11-7-13-21(18)25(2,23)24/h4-5,8-9H,3,6-7,10-14H2,1-2H3,(H,19,22). The average molecular weight is 365 g/mol. The molecule has 0 aromatic heterocycles. The van der Waals surface area contributed by atoms with E-state index in [0.29, 0.717) is 19.6 Å². The number of hydrogen-bond donors (Lipinski definition) is 1. The number of nitrogens with one attached hydrogen (secondary N) is 1. The highest BCUT2D eigenvalue weighted by molar-refractivity contribution is 7.88. The predicted octanol–water partition coefficient (Wildman–Crippen LogP) is 2.67. The van der Waals surface area contributed by atoms with Crippen molar-refractivity contribution in [3.8, 4) is 0 Å². The lowest BCUT2D eigenvalue weighted by molar-refractivity contribution is 0.109. The molecule has 0 saturated carbocycles. The third kappa shape index (κ3) is 3.67. The molecule has 1 aromatic carbocycles. The fourth-order valence-electron chi connectivity index (χ4n) is 4.27. The van der Waals surface area contributed by atoms with Crippen molar-refractivity contribution in [3.63, 3.8) is 0 Å². The number of para-hydroxylation sites is 1. The first-order chi connectivity index (χ1) is 11.9. The number of likely N-dealkylation sites (tertiary alicyclic amines) is 1. The Balaban J connectivity index is 1.76. The molecule has 1 N–H and O–H groups in total. The van der Waals surface area contributed by atoms with Crippen LogP contribution in [0.25, 0.3) is 0 Å². The SMILES string of the molecule is CCc1ccccc1NC(=O)N1CCCC2(CCCN2S(C)(=O)=O)C1. The van der Waals surface area contributed by atoms with E-state index < -0.39 is 15.6 Å². The third-order valence-electron chi connectivity index (χ3n) is 5.42. The molecule has 3 rings (SSSR count). The highest BCUT2D eigenvalue weighted by atomic mass is 32.2. The van der Waals surface area contributed by atoms with Crippen molar-refractivity contribution in [1.29, 1.82) is 0 Å². The molecule has 7 heteroatoms. The van der Waals surface area contributed by atoms with Crippen LogP contribution in [0.1, 0.15) is 38.2 Å². The molecular weight excluding hydrogens is 338 g/mol. The van der Waals surface area contributed by atoms with E-state index in [-0.39, 0.29) is 6.03 Å². The van der Waals surface area contributed by atoms with Crippen LogP contribution in [0.5, 0.6) is 0 Å². The van der Waals surface area contributed by atoms with Crippen LogP contribution in [0.4, 0.5) is 10.5 Å². The molecule has 1 spiro atoms. The van der Waals surface area contributed by atoms with E-state index in [1.165, 1.54) is 6.26 Å². The largest absolute Gasteiger partial charge is 0.323 e. The van der Waals surface area contributed by atoms with Gasteiger partial charge in [0, 0.05) is 25.3 Å². The van der Waals surface area contributed by atoms with E-state index >= 15 is 0 Å². The normalized spacial score (nSPS) is 24.6. The monoisotopic (exact) mass is 365 g/mol. The Hall–Kier alpha value is -1.60. The summed E-state index contributed by atoms with van der Waals surface area (Å²) in [4.78, 5) is 14.6. The summed E-state index contributed by atoms with van der Waals surface area (Å²) in [6, 6.07) is 7.66. The zero-order chi connectivity index (χ0) is 18.1. The van der Waals surface area contributed by atoms with Crippen molar-refractivity contribution < 1.29 is 13.2 Å². The summed E-state index contributed by atoms with van der Waals surface area (Å²) in [6.07, 6.45) is 5.47. The molecule has 6 nitrogen and oxygen atoms in total. The van der Waals surface area contributed by atoms with Crippen LogP contribution in [0, 0.1) is 0 Å². The van der Waals surface area contributed by atoms with Crippen molar-refractivity contribution in [2.24, 2.45) is 0 Å². The summed E-state index contributed by atoms with van der Waals surface area (Å²) in [5, 5.41) is 3.01. The van der Waals surface area contributed by atoms with E-state index in [0.717, 1.165) is 43.4 Å². The number of nitrogens with zero attached hydrogens (tertiary/aromatic N) is 2. The predicted molar refractivity (Wildman–Crippen MR) is 99.2 cm³/mol. The molecule has 0 aliphatic carbocycles. The van der Waals surface area contributed by atoms with E-state index in [9.17, 15) is 13.2 Å². The Morgan fingerprint density at radius 2 is 1.88 bits per heavy atom. The Labute approximate surface area is 150 Å². The lowest BCUT2D eigenvalue weighted by atomic mass is 9.88. The number of piperidine rings is 1. The van der Waals surface area contributed by atoms with Crippen molar-refractivity contribution in [2.75, 3.05) is 31.2 Å². The molecule has 2 saturated heterocycles. The van der Waals surface area contributed by atoms with Gasteiger partial charge in [-0.15, -0.1) is 0 Å². The van der Waals surface area contributed by atoms with Crippen LogP contribution in [0.15, 0.2) is 24.3 Å². The van der Waals surface area contributed by atoms with Crippen LogP contribution in [-0.2, 0) is 16.4 Å². The number of amides is 2. The molecule has 0 radical (unpaired) electrons. The summed E-state index contributed by atoms with van der Waals surface area (Å²) in [5.41, 5.74) is 1.51. The number of aryl methyl sites for hydroxylation is 1. The van der Waals surface area contributed by atoms with Crippen molar-refractivity contribution >= 4 is 21.7 Å². The quantitative estimate of drug-likeness (QED) is 0.895. The van der Waals surface area contributed by atoms with Gasteiger partial charge in [0.15, 0.2) is 0 Å². The molecule has 2 aliphatic heterocycles. The van der Waals surface area contributed by atoms with Gasteiger partial charge in [0.05, 0.1) is 11.8 Å². The van der Waals surface area contributed by atoms with E-state index in [1.807, 2.05) is 24.3 Å². The fourth-order valence-corrected chi connectivity index (χ4v) is 5.67. The van der Waals surface area contributed by atoms with Gasteiger partial charge in [0.1, 0.15) is 0 Å². The first kappa shape index (κ1) is 18.2. The van der Waals surface area contributed by atoms with E-state index in [4.69, 9.17) is 0 Å².